The van der Waals surface area contributed by atoms with Crippen LogP contribution in [0, 0.1) is 0 Å². The molecule has 1 aromatic heterocycles. The first-order chi connectivity index (χ1) is 11.7. The summed E-state index contributed by atoms with van der Waals surface area (Å²) in [5.41, 5.74) is 3.11. The maximum Gasteiger partial charge on any atom is 0.255 e. The quantitative estimate of drug-likeness (QED) is 0.716. The first-order valence-electron chi connectivity index (χ1n) is 7.47. The van der Waals surface area contributed by atoms with Crippen molar-refractivity contribution in [1.29, 1.82) is 0 Å². The van der Waals surface area contributed by atoms with Crippen molar-refractivity contribution < 1.29 is 4.79 Å². The van der Waals surface area contributed by atoms with E-state index in [9.17, 15) is 4.79 Å². The van der Waals surface area contributed by atoms with E-state index >= 15 is 0 Å². The van der Waals surface area contributed by atoms with Gasteiger partial charge < -0.3 is 5.32 Å². The summed E-state index contributed by atoms with van der Waals surface area (Å²) in [6.45, 7) is 0. The molecule has 0 aliphatic carbocycles. The Labute approximate surface area is 145 Å². The number of nitrogens with zero attached hydrogens (tertiary/aromatic N) is 1. The summed E-state index contributed by atoms with van der Waals surface area (Å²) in [4.78, 5) is 16.5. The Bertz CT molecular complexity index is 876. The monoisotopic (exact) mass is 334 g/mol. The van der Waals surface area contributed by atoms with Crippen LogP contribution in [0.2, 0.25) is 5.02 Å². The number of pyridine rings is 1. The fourth-order valence-electron chi connectivity index (χ4n) is 2.21. The molecule has 4 heteroatoms. The predicted molar refractivity (Wildman–Crippen MR) is 99.0 cm³/mol. The van der Waals surface area contributed by atoms with Crippen molar-refractivity contribution >= 4 is 35.3 Å². The van der Waals surface area contributed by atoms with Crippen molar-refractivity contribution in [1.82, 2.24) is 4.98 Å². The van der Waals surface area contributed by atoms with Crippen LogP contribution < -0.4 is 5.32 Å². The van der Waals surface area contributed by atoms with E-state index in [1.54, 1.807) is 30.5 Å². The highest BCUT2D eigenvalue weighted by Crippen LogP contribution is 2.16. The average Bonchev–Trinajstić information content (AvgIpc) is 2.61. The molecule has 0 atom stereocenters. The van der Waals surface area contributed by atoms with Gasteiger partial charge in [-0.05, 0) is 54.1 Å². The Balaban J connectivity index is 1.73. The summed E-state index contributed by atoms with van der Waals surface area (Å²) in [5.74, 6) is -0.191. The topological polar surface area (TPSA) is 42.0 Å². The summed E-state index contributed by atoms with van der Waals surface area (Å²) < 4.78 is 0. The van der Waals surface area contributed by atoms with E-state index < -0.39 is 0 Å². The molecule has 1 N–H and O–H groups in total. The lowest BCUT2D eigenvalue weighted by atomic mass is 10.1. The highest BCUT2D eigenvalue weighted by atomic mass is 35.5. The lowest BCUT2D eigenvalue weighted by Gasteiger charge is -2.06. The second kappa shape index (κ2) is 7.57. The zero-order valence-electron chi connectivity index (χ0n) is 12.8. The van der Waals surface area contributed by atoms with Crippen molar-refractivity contribution in [3.05, 3.63) is 94.8 Å². The molecule has 0 unspecified atom stereocenters. The van der Waals surface area contributed by atoms with Crippen LogP contribution in [0.15, 0.2) is 72.9 Å². The summed E-state index contributed by atoms with van der Waals surface area (Å²) >= 11 is 5.92. The van der Waals surface area contributed by atoms with Gasteiger partial charge in [0.2, 0.25) is 0 Å². The third kappa shape index (κ3) is 4.31. The second-order valence-electron chi connectivity index (χ2n) is 5.18. The number of anilines is 1. The molecule has 0 aliphatic heterocycles. The summed E-state index contributed by atoms with van der Waals surface area (Å²) in [5, 5.41) is 3.41. The third-order valence-corrected chi connectivity index (χ3v) is 3.60. The Morgan fingerprint density at radius 1 is 0.958 bits per heavy atom. The molecule has 0 bridgehead atoms. The van der Waals surface area contributed by atoms with Gasteiger partial charge in [0.1, 0.15) is 0 Å². The summed E-state index contributed by atoms with van der Waals surface area (Å²) in [7, 11) is 0. The lowest BCUT2D eigenvalue weighted by molar-refractivity contribution is 0.102. The van der Waals surface area contributed by atoms with Gasteiger partial charge in [-0.1, -0.05) is 41.9 Å². The lowest BCUT2D eigenvalue weighted by Crippen LogP contribution is -2.11. The number of nitrogens with one attached hydrogen (secondary N) is 1. The molecule has 24 heavy (non-hydrogen) atoms. The number of rotatable bonds is 4. The molecule has 0 saturated heterocycles. The number of hydrogen-bond donors (Lipinski definition) is 1. The van der Waals surface area contributed by atoms with Crippen molar-refractivity contribution in [2.45, 2.75) is 0 Å². The molecule has 1 amide bonds. The van der Waals surface area contributed by atoms with E-state index in [1.807, 2.05) is 54.6 Å². The van der Waals surface area contributed by atoms with Crippen molar-refractivity contribution in [3.63, 3.8) is 0 Å². The van der Waals surface area contributed by atoms with Gasteiger partial charge in [0.15, 0.2) is 0 Å². The van der Waals surface area contributed by atoms with Crippen LogP contribution >= 0.6 is 11.6 Å². The average molecular weight is 335 g/mol. The van der Waals surface area contributed by atoms with Crippen LogP contribution in [0.5, 0.6) is 0 Å². The van der Waals surface area contributed by atoms with Crippen molar-refractivity contribution in [3.8, 4) is 0 Å². The molecule has 1 heterocycles. The normalized spacial score (nSPS) is 10.7. The van der Waals surface area contributed by atoms with E-state index in [-0.39, 0.29) is 5.91 Å². The van der Waals surface area contributed by atoms with Crippen LogP contribution in [-0.4, -0.2) is 10.9 Å². The smallest absolute Gasteiger partial charge is 0.255 e. The number of halogens is 1. The molecule has 0 fully saturated rings. The van der Waals surface area contributed by atoms with E-state index in [0.29, 0.717) is 10.6 Å². The number of hydrogen-bond acceptors (Lipinski definition) is 2. The summed E-state index contributed by atoms with van der Waals surface area (Å²) in [6, 6.07) is 20.2. The van der Waals surface area contributed by atoms with Gasteiger partial charge in [0.25, 0.3) is 5.91 Å². The third-order valence-electron chi connectivity index (χ3n) is 3.37. The van der Waals surface area contributed by atoms with Crippen LogP contribution in [0.4, 0.5) is 5.69 Å². The van der Waals surface area contributed by atoms with Crippen LogP contribution in [0.25, 0.3) is 12.2 Å². The number of benzene rings is 2. The molecule has 118 valence electrons. The number of carbonyl (C=O) groups excluding carboxylic acids is 1. The van der Waals surface area contributed by atoms with Crippen molar-refractivity contribution in [2.24, 2.45) is 0 Å². The largest absolute Gasteiger partial charge is 0.322 e. The second-order valence-corrected chi connectivity index (χ2v) is 5.61. The molecular formula is C20H15ClN2O. The Kier molecular flexibility index (Phi) is 5.04. The molecule has 0 aliphatic rings. The first-order valence-corrected chi connectivity index (χ1v) is 7.84. The van der Waals surface area contributed by atoms with E-state index in [1.165, 1.54) is 0 Å². The molecule has 3 nitrogen and oxygen atoms in total. The molecule has 2 aromatic carbocycles. The zero-order valence-corrected chi connectivity index (χ0v) is 13.6. The fraction of sp³-hybridized carbons (Fsp3) is 0. The Morgan fingerprint density at radius 3 is 2.62 bits per heavy atom. The van der Waals surface area contributed by atoms with E-state index in [4.69, 9.17) is 11.6 Å². The maximum absolute atomic E-state index is 12.3. The minimum absolute atomic E-state index is 0.191. The van der Waals surface area contributed by atoms with Gasteiger partial charge in [-0.2, -0.15) is 0 Å². The molecule has 3 rings (SSSR count). The SMILES string of the molecule is O=C(Nc1cccc(C=Cc2ccccn2)c1)c1cccc(Cl)c1. The van der Waals surface area contributed by atoms with Crippen molar-refractivity contribution in [2.75, 3.05) is 5.32 Å². The van der Waals surface area contributed by atoms with Gasteiger partial charge in [0.05, 0.1) is 5.69 Å². The predicted octanol–water partition coefficient (Wildman–Crippen LogP) is 5.16. The molecule has 0 radical (unpaired) electrons. The Hall–Kier alpha value is -2.91. The minimum Gasteiger partial charge on any atom is -0.322 e. The highest BCUT2D eigenvalue weighted by molar-refractivity contribution is 6.31. The summed E-state index contributed by atoms with van der Waals surface area (Å²) in [6.07, 6.45) is 5.64. The van der Waals surface area contributed by atoms with Gasteiger partial charge in [-0.15, -0.1) is 0 Å². The standard InChI is InChI=1S/C20H15ClN2O/c21-17-7-4-6-16(14-17)20(24)23-19-9-3-5-15(13-19)10-11-18-8-1-2-12-22-18/h1-14H,(H,23,24). The highest BCUT2D eigenvalue weighted by Gasteiger charge is 2.06. The van der Waals surface area contributed by atoms with Crippen LogP contribution in [0.3, 0.4) is 0 Å². The van der Waals surface area contributed by atoms with E-state index in [2.05, 4.69) is 10.3 Å². The van der Waals surface area contributed by atoms with Gasteiger partial charge in [-0.25, -0.2) is 0 Å². The molecule has 0 spiro atoms. The van der Waals surface area contributed by atoms with Crippen LogP contribution in [-0.2, 0) is 0 Å². The molecular weight excluding hydrogens is 320 g/mol. The number of aromatic nitrogens is 1. The Morgan fingerprint density at radius 2 is 1.83 bits per heavy atom. The van der Waals surface area contributed by atoms with Gasteiger partial charge >= 0.3 is 0 Å². The molecule has 0 saturated carbocycles. The minimum atomic E-state index is -0.191. The number of carbonyl (C=O) groups is 1. The van der Waals surface area contributed by atoms with Gasteiger partial charge in [0, 0.05) is 22.5 Å². The molecule has 3 aromatic rings. The fourth-order valence-corrected chi connectivity index (χ4v) is 2.40. The van der Waals surface area contributed by atoms with E-state index in [0.717, 1.165) is 16.9 Å². The first kappa shape index (κ1) is 16.0. The van der Waals surface area contributed by atoms with Crippen LogP contribution in [0.1, 0.15) is 21.6 Å². The van der Waals surface area contributed by atoms with Gasteiger partial charge in [-0.3, -0.25) is 9.78 Å². The zero-order chi connectivity index (χ0) is 16.8. The number of amides is 1. The maximum atomic E-state index is 12.3.